The Labute approximate surface area is 186 Å². The van der Waals surface area contributed by atoms with Gasteiger partial charge >= 0.3 is 0 Å². The van der Waals surface area contributed by atoms with Crippen LogP contribution in [0.15, 0.2) is 24.7 Å². The normalized spacial score (nSPS) is 25.0. The number of nitrogens with one attached hydrogen (secondary N) is 1. The van der Waals surface area contributed by atoms with Crippen LogP contribution < -0.4 is 20.4 Å². The van der Waals surface area contributed by atoms with E-state index in [2.05, 4.69) is 43.9 Å². The summed E-state index contributed by atoms with van der Waals surface area (Å²) in [5, 5.41) is 7.70. The molecule has 3 aliphatic heterocycles. The second-order valence-electron chi connectivity index (χ2n) is 9.30. The van der Waals surface area contributed by atoms with Gasteiger partial charge in [0.1, 0.15) is 5.82 Å². The number of aromatic amines is 1. The number of nitrogens with two attached hydrogens (primary N) is 1. The number of pyridine rings is 1. The van der Waals surface area contributed by atoms with Crippen molar-refractivity contribution in [2.24, 2.45) is 11.1 Å². The highest BCUT2D eigenvalue weighted by atomic mass is 16.5. The fraction of sp³-hybridized carbons (Fsp3) is 0.545. The summed E-state index contributed by atoms with van der Waals surface area (Å²) in [4.78, 5) is 20.6. The number of hydrogen-bond acceptors (Lipinski definition) is 9. The van der Waals surface area contributed by atoms with Gasteiger partial charge in [-0.05, 0) is 25.8 Å². The second-order valence-corrected chi connectivity index (χ2v) is 9.30. The molecule has 0 amide bonds. The summed E-state index contributed by atoms with van der Waals surface area (Å²) in [6.45, 7) is 6.37. The number of ether oxygens (including phenoxy) is 1. The molecule has 3 aromatic rings. The number of rotatable bonds is 2. The number of nitrogens with zero attached hydrogens (tertiary/aromatic N) is 7. The van der Waals surface area contributed by atoms with Crippen LogP contribution >= 0.6 is 0 Å². The summed E-state index contributed by atoms with van der Waals surface area (Å²) in [5.41, 5.74) is 10.2. The SMILES string of the molecule is C[C@@H]1OCC2(CCN(c3cnc4c(N5CCN(C)c6cnccc65)n[nH]c4n3)CC2)[C@@H]1N. The Hall–Kier alpha value is -2.98. The van der Waals surface area contributed by atoms with Gasteiger partial charge in [0, 0.05) is 50.9 Å². The van der Waals surface area contributed by atoms with Gasteiger partial charge in [-0.2, -0.15) is 5.10 Å². The molecule has 2 saturated heterocycles. The Bertz CT molecular complexity index is 1140. The van der Waals surface area contributed by atoms with E-state index in [0.29, 0.717) is 5.65 Å². The number of H-pyrrole nitrogens is 1. The zero-order valence-electron chi connectivity index (χ0n) is 18.5. The molecule has 0 radical (unpaired) electrons. The van der Waals surface area contributed by atoms with Gasteiger partial charge in [-0.15, -0.1) is 0 Å². The van der Waals surface area contributed by atoms with Gasteiger partial charge in [-0.25, -0.2) is 9.97 Å². The minimum absolute atomic E-state index is 0.0955. The maximum Gasteiger partial charge on any atom is 0.183 e. The molecular formula is C22H29N9O. The Morgan fingerprint density at radius 1 is 1.16 bits per heavy atom. The minimum atomic E-state index is 0.0955. The highest BCUT2D eigenvalue weighted by Crippen LogP contribution is 2.42. The summed E-state index contributed by atoms with van der Waals surface area (Å²) in [5.74, 6) is 1.69. The van der Waals surface area contributed by atoms with E-state index in [4.69, 9.17) is 20.4 Å². The van der Waals surface area contributed by atoms with Gasteiger partial charge in [0.2, 0.25) is 0 Å². The van der Waals surface area contributed by atoms with Crippen LogP contribution in [0.3, 0.4) is 0 Å². The number of hydrogen-bond donors (Lipinski definition) is 2. The first kappa shape index (κ1) is 19.7. The van der Waals surface area contributed by atoms with Crippen LogP contribution in [-0.2, 0) is 4.74 Å². The molecular weight excluding hydrogens is 406 g/mol. The molecule has 2 atom stereocenters. The molecule has 10 heteroatoms. The fourth-order valence-corrected chi connectivity index (χ4v) is 5.39. The van der Waals surface area contributed by atoms with Crippen LogP contribution in [0, 0.1) is 5.41 Å². The van der Waals surface area contributed by atoms with E-state index in [9.17, 15) is 0 Å². The molecule has 0 aliphatic carbocycles. The van der Waals surface area contributed by atoms with E-state index in [-0.39, 0.29) is 17.6 Å². The van der Waals surface area contributed by atoms with E-state index < -0.39 is 0 Å². The van der Waals surface area contributed by atoms with Crippen LogP contribution in [0.1, 0.15) is 19.8 Å². The van der Waals surface area contributed by atoms with Crippen molar-refractivity contribution in [3.8, 4) is 0 Å². The first-order chi connectivity index (χ1) is 15.6. The highest BCUT2D eigenvalue weighted by Gasteiger charge is 2.47. The molecule has 2 fully saturated rings. The van der Waals surface area contributed by atoms with Gasteiger partial charge in [0.05, 0.1) is 36.5 Å². The van der Waals surface area contributed by atoms with Crippen molar-refractivity contribution in [3.63, 3.8) is 0 Å². The van der Waals surface area contributed by atoms with E-state index in [1.54, 1.807) is 0 Å². The highest BCUT2D eigenvalue weighted by molar-refractivity contribution is 5.90. The van der Waals surface area contributed by atoms with Gasteiger partial charge in [-0.3, -0.25) is 10.1 Å². The zero-order valence-corrected chi connectivity index (χ0v) is 18.5. The van der Waals surface area contributed by atoms with Crippen LogP contribution in [0.4, 0.5) is 23.0 Å². The molecule has 0 bridgehead atoms. The van der Waals surface area contributed by atoms with E-state index in [1.165, 1.54) is 0 Å². The summed E-state index contributed by atoms with van der Waals surface area (Å²) < 4.78 is 5.85. The standard InChI is InChI=1S/C22H29N9O/c1-14-19(23)22(13-32-14)4-7-30(8-5-22)17-12-25-18-20(26-17)27-28-21(18)31-10-9-29(2)16-11-24-6-3-15(16)31/h3,6,11-12,14,19H,4-5,7-10,13,23H2,1-2H3,(H,26,27,28)/t14-,19+/m0/s1. The molecule has 32 heavy (non-hydrogen) atoms. The van der Waals surface area contributed by atoms with Crippen molar-refractivity contribution in [2.75, 3.05) is 54.5 Å². The molecule has 0 aromatic carbocycles. The van der Waals surface area contributed by atoms with Crippen molar-refractivity contribution in [2.45, 2.75) is 31.9 Å². The van der Waals surface area contributed by atoms with Crippen LogP contribution in [0.2, 0.25) is 0 Å². The molecule has 6 rings (SSSR count). The lowest BCUT2D eigenvalue weighted by Gasteiger charge is -2.41. The molecule has 3 aromatic heterocycles. The lowest BCUT2D eigenvalue weighted by Crippen LogP contribution is -2.50. The number of likely N-dealkylation sites (N-methyl/N-ethyl adjacent to an activating group) is 1. The molecule has 168 valence electrons. The first-order valence-corrected chi connectivity index (χ1v) is 11.3. The average molecular weight is 436 g/mol. The quantitative estimate of drug-likeness (QED) is 0.621. The Balaban J connectivity index is 1.25. The van der Waals surface area contributed by atoms with Gasteiger partial charge < -0.3 is 25.2 Å². The van der Waals surface area contributed by atoms with E-state index in [1.807, 2.05) is 24.7 Å². The molecule has 3 N–H and O–H groups in total. The molecule has 6 heterocycles. The predicted octanol–water partition coefficient (Wildman–Crippen LogP) is 1.67. The Kier molecular flexibility index (Phi) is 4.48. The molecule has 10 nitrogen and oxygen atoms in total. The summed E-state index contributed by atoms with van der Waals surface area (Å²) >= 11 is 0. The Morgan fingerprint density at radius 2 is 2.00 bits per heavy atom. The maximum absolute atomic E-state index is 6.47. The Morgan fingerprint density at radius 3 is 2.78 bits per heavy atom. The molecule has 0 saturated carbocycles. The van der Waals surface area contributed by atoms with Crippen molar-refractivity contribution < 1.29 is 4.74 Å². The topological polar surface area (TPSA) is 112 Å². The monoisotopic (exact) mass is 435 g/mol. The van der Waals surface area contributed by atoms with Crippen molar-refractivity contribution in [1.29, 1.82) is 0 Å². The largest absolute Gasteiger partial charge is 0.376 e. The average Bonchev–Trinajstić information content (AvgIpc) is 3.37. The minimum Gasteiger partial charge on any atom is -0.376 e. The number of aromatic nitrogens is 5. The second kappa shape index (κ2) is 7.28. The number of anilines is 4. The summed E-state index contributed by atoms with van der Waals surface area (Å²) in [7, 11) is 2.08. The van der Waals surface area contributed by atoms with Crippen molar-refractivity contribution in [3.05, 3.63) is 24.7 Å². The van der Waals surface area contributed by atoms with Gasteiger partial charge in [0.15, 0.2) is 17.0 Å². The predicted molar refractivity (Wildman–Crippen MR) is 123 cm³/mol. The molecule has 3 aliphatic rings. The smallest absolute Gasteiger partial charge is 0.183 e. The molecule has 1 spiro atoms. The maximum atomic E-state index is 6.47. The van der Waals surface area contributed by atoms with Crippen molar-refractivity contribution >= 4 is 34.2 Å². The lowest BCUT2D eigenvalue weighted by atomic mass is 9.73. The van der Waals surface area contributed by atoms with E-state index in [0.717, 1.165) is 74.2 Å². The number of fused-ring (bicyclic) bond motifs is 2. The zero-order chi connectivity index (χ0) is 21.9. The van der Waals surface area contributed by atoms with Crippen molar-refractivity contribution in [1.82, 2.24) is 25.1 Å². The van der Waals surface area contributed by atoms with E-state index >= 15 is 0 Å². The third kappa shape index (κ3) is 2.93. The lowest BCUT2D eigenvalue weighted by molar-refractivity contribution is 0.0974. The van der Waals surface area contributed by atoms with Crippen LogP contribution in [-0.4, -0.2) is 77.1 Å². The van der Waals surface area contributed by atoms with Gasteiger partial charge in [0.25, 0.3) is 0 Å². The van der Waals surface area contributed by atoms with Gasteiger partial charge in [-0.1, -0.05) is 0 Å². The first-order valence-electron chi connectivity index (χ1n) is 11.3. The molecule has 0 unspecified atom stereocenters. The summed E-state index contributed by atoms with van der Waals surface area (Å²) in [6.07, 6.45) is 7.74. The third-order valence-electron chi connectivity index (χ3n) is 7.56. The number of piperidine rings is 1. The summed E-state index contributed by atoms with van der Waals surface area (Å²) in [6, 6.07) is 2.13. The van der Waals surface area contributed by atoms with Crippen LogP contribution in [0.5, 0.6) is 0 Å². The fourth-order valence-electron chi connectivity index (χ4n) is 5.39. The van der Waals surface area contributed by atoms with Crippen LogP contribution in [0.25, 0.3) is 11.2 Å². The third-order valence-corrected chi connectivity index (χ3v) is 7.56.